The molecule has 4 rings (SSSR count). The van der Waals surface area contributed by atoms with E-state index in [9.17, 15) is 4.39 Å². The number of hydrogen-bond acceptors (Lipinski definition) is 4. The molecule has 0 radical (unpaired) electrons. The smallest absolute Gasteiger partial charge is 0.133 e. The first kappa shape index (κ1) is 15.2. The predicted octanol–water partition coefficient (Wildman–Crippen LogP) is 2.48. The summed E-state index contributed by atoms with van der Waals surface area (Å²) in [6.45, 7) is 6.86. The van der Waals surface area contributed by atoms with Gasteiger partial charge in [-0.2, -0.15) is 5.10 Å². The quantitative estimate of drug-likeness (QED) is 0.777. The number of nitrogens with zero attached hydrogens (tertiary/aromatic N) is 3. The molecule has 3 aromatic rings. The van der Waals surface area contributed by atoms with E-state index >= 15 is 0 Å². The first-order valence-corrected chi connectivity index (χ1v) is 8.22. The fourth-order valence-electron chi connectivity index (χ4n) is 3.23. The topological polar surface area (TPSA) is 56.8 Å². The van der Waals surface area contributed by atoms with Gasteiger partial charge in [0, 0.05) is 73.4 Å². The highest BCUT2D eigenvalue weighted by Gasteiger charge is 2.13. The summed E-state index contributed by atoms with van der Waals surface area (Å²) in [5.74, 6) is -0.268. The summed E-state index contributed by atoms with van der Waals surface area (Å²) in [5, 5.41) is 11.3. The monoisotopic (exact) mass is 325 g/mol. The highest BCUT2D eigenvalue weighted by molar-refractivity contribution is 5.86. The van der Waals surface area contributed by atoms with Crippen molar-refractivity contribution in [3.8, 4) is 11.1 Å². The SMILES string of the molecule is Cc1[nH]nc2cc(F)c(-c3cncc(CN4CCNCC4)c3)cc12. The molecule has 124 valence electrons. The summed E-state index contributed by atoms with van der Waals surface area (Å²) < 4.78 is 14.5. The lowest BCUT2D eigenvalue weighted by Gasteiger charge is -2.27. The number of rotatable bonds is 3. The fourth-order valence-corrected chi connectivity index (χ4v) is 3.23. The molecule has 0 amide bonds. The molecular formula is C18H20FN5. The zero-order valence-electron chi connectivity index (χ0n) is 13.6. The largest absolute Gasteiger partial charge is 0.314 e. The van der Waals surface area contributed by atoms with E-state index in [4.69, 9.17) is 0 Å². The van der Waals surface area contributed by atoms with Crippen molar-refractivity contribution in [1.29, 1.82) is 0 Å². The van der Waals surface area contributed by atoms with E-state index < -0.39 is 0 Å². The Kier molecular flexibility index (Phi) is 4.00. The van der Waals surface area contributed by atoms with Crippen molar-refractivity contribution in [2.24, 2.45) is 0 Å². The van der Waals surface area contributed by atoms with Gasteiger partial charge in [-0.1, -0.05) is 0 Å². The van der Waals surface area contributed by atoms with Crippen LogP contribution in [0.2, 0.25) is 0 Å². The molecule has 0 bridgehead atoms. The Morgan fingerprint density at radius 3 is 2.83 bits per heavy atom. The maximum atomic E-state index is 14.5. The summed E-state index contributed by atoms with van der Waals surface area (Å²) in [5.41, 5.74) is 4.08. The van der Waals surface area contributed by atoms with E-state index in [-0.39, 0.29) is 5.82 Å². The van der Waals surface area contributed by atoms with Gasteiger partial charge in [-0.25, -0.2) is 4.39 Å². The van der Waals surface area contributed by atoms with Crippen molar-refractivity contribution in [1.82, 2.24) is 25.4 Å². The van der Waals surface area contributed by atoms with Crippen LogP contribution in [0, 0.1) is 12.7 Å². The van der Waals surface area contributed by atoms with E-state index in [1.54, 1.807) is 6.20 Å². The van der Waals surface area contributed by atoms with Crippen LogP contribution in [-0.2, 0) is 6.54 Å². The number of aryl methyl sites for hydroxylation is 1. The lowest BCUT2D eigenvalue weighted by atomic mass is 10.0. The summed E-state index contributed by atoms with van der Waals surface area (Å²) >= 11 is 0. The maximum Gasteiger partial charge on any atom is 0.133 e. The molecule has 1 saturated heterocycles. The van der Waals surface area contributed by atoms with E-state index in [1.165, 1.54) is 6.07 Å². The summed E-state index contributed by atoms with van der Waals surface area (Å²) in [7, 11) is 0. The molecule has 1 aliphatic heterocycles. The summed E-state index contributed by atoms with van der Waals surface area (Å²) in [6.07, 6.45) is 3.59. The Balaban J connectivity index is 1.67. The third-order valence-electron chi connectivity index (χ3n) is 4.56. The normalized spacial score (nSPS) is 15.9. The molecule has 0 aliphatic carbocycles. The number of fused-ring (bicyclic) bond motifs is 1. The van der Waals surface area contributed by atoms with Crippen LogP contribution in [0.25, 0.3) is 22.0 Å². The van der Waals surface area contributed by atoms with E-state index in [2.05, 4.69) is 25.4 Å². The van der Waals surface area contributed by atoms with Gasteiger partial charge < -0.3 is 5.32 Å². The number of nitrogens with one attached hydrogen (secondary N) is 2. The van der Waals surface area contributed by atoms with Crippen LogP contribution in [-0.4, -0.2) is 46.3 Å². The minimum Gasteiger partial charge on any atom is -0.314 e. The Morgan fingerprint density at radius 1 is 1.17 bits per heavy atom. The van der Waals surface area contributed by atoms with Gasteiger partial charge in [-0.05, 0) is 24.6 Å². The average molecular weight is 325 g/mol. The first-order chi connectivity index (χ1) is 11.7. The van der Waals surface area contributed by atoms with Gasteiger partial charge in [0.15, 0.2) is 0 Å². The van der Waals surface area contributed by atoms with Crippen molar-refractivity contribution in [2.75, 3.05) is 26.2 Å². The number of piperazine rings is 1. The maximum absolute atomic E-state index is 14.5. The van der Waals surface area contributed by atoms with E-state index in [0.717, 1.165) is 54.9 Å². The number of hydrogen-bond donors (Lipinski definition) is 2. The molecule has 24 heavy (non-hydrogen) atoms. The zero-order chi connectivity index (χ0) is 16.5. The third-order valence-corrected chi connectivity index (χ3v) is 4.56. The second-order valence-electron chi connectivity index (χ2n) is 6.31. The van der Waals surface area contributed by atoms with Crippen LogP contribution in [0.4, 0.5) is 4.39 Å². The van der Waals surface area contributed by atoms with Crippen molar-refractivity contribution >= 4 is 10.9 Å². The Hall–Kier alpha value is -2.31. The molecule has 0 unspecified atom stereocenters. The minimum absolute atomic E-state index is 0.268. The van der Waals surface area contributed by atoms with Crippen LogP contribution in [0.5, 0.6) is 0 Å². The molecule has 0 spiro atoms. The first-order valence-electron chi connectivity index (χ1n) is 8.22. The molecule has 1 fully saturated rings. The minimum atomic E-state index is -0.268. The summed E-state index contributed by atoms with van der Waals surface area (Å²) in [6, 6.07) is 5.38. The number of H-pyrrole nitrogens is 1. The van der Waals surface area contributed by atoms with Gasteiger partial charge in [-0.15, -0.1) is 0 Å². The van der Waals surface area contributed by atoms with Crippen LogP contribution < -0.4 is 5.32 Å². The average Bonchev–Trinajstić information content (AvgIpc) is 2.95. The van der Waals surface area contributed by atoms with Gasteiger partial charge >= 0.3 is 0 Å². The molecule has 1 aromatic carbocycles. The Morgan fingerprint density at radius 2 is 2.00 bits per heavy atom. The third kappa shape index (κ3) is 2.90. The molecular weight excluding hydrogens is 305 g/mol. The van der Waals surface area contributed by atoms with Crippen LogP contribution in [0.3, 0.4) is 0 Å². The molecule has 0 atom stereocenters. The number of aromatic nitrogens is 3. The van der Waals surface area contributed by atoms with Crippen molar-refractivity contribution in [3.63, 3.8) is 0 Å². The number of pyridine rings is 1. The number of aromatic amines is 1. The molecule has 5 nitrogen and oxygen atoms in total. The van der Waals surface area contributed by atoms with Crippen LogP contribution in [0.1, 0.15) is 11.3 Å². The van der Waals surface area contributed by atoms with Gasteiger partial charge in [0.25, 0.3) is 0 Å². The molecule has 0 saturated carbocycles. The molecule has 3 heterocycles. The van der Waals surface area contributed by atoms with Crippen LogP contribution >= 0.6 is 0 Å². The van der Waals surface area contributed by atoms with Crippen molar-refractivity contribution in [2.45, 2.75) is 13.5 Å². The van der Waals surface area contributed by atoms with Crippen molar-refractivity contribution in [3.05, 3.63) is 47.7 Å². The predicted molar refractivity (Wildman–Crippen MR) is 92.2 cm³/mol. The van der Waals surface area contributed by atoms with Gasteiger partial charge in [0.2, 0.25) is 0 Å². The summed E-state index contributed by atoms with van der Waals surface area (Å²) in [4.78, 5) is 6.71. The standard InChI is InChI=1S/C18H20FN5/c1-12-15-7-16(17(19)8-18(15)23-22-12)14-6-13(9-21-10-14)11-24-4-2-20-3-5-24/h6-10,20H,2-5,11H2,1H3,(H,22,23). The lowest BCUT2D eigenvalue weighted by molar-refractivity contribution is 0.233. The molecule has 2 aromatic heterocycles. The van der Waals surface area contributed by atoms with Gasteiger partial charge in [-0.3, -0.25) is 15.0 Å². The fraction of sp³-hybridized carbons (Fsp3) is 0.333. The second-order valence-corrected chi connectivity index (χ2v) is 6.31. The number of benzene rings is 1. The van der Waals surface area contributed by atoms with Crippen LogP contribution in [0.15, 0.2) is 30.6 Å². The Bertz CT molecular complexity index is 867. The number of halogens is 1. The zero-order valence-corrected chi connectivity index (χ0v) is 13.6. The lowest BCUT2D eigenvalue weighted by Crippen LogP contribution is -2.42. The molecule has 1 aliphatic rings. The highest BCUT2D eigenvalue weighted by atomic mass is 19.1. The highest BCUT2D eigenvalue weighted by Crippen LogP contribution is 2.28. The van der Waals surface area contributed by atoms with Crippen molar-refractivity contribution < 1.29 is 4.39 Å². The van der Waals surface area contributed by atoms with Gasteiger partial charge in [0.05, 0.1) is 5.52 Å². The molecule has 2 N–H and O–H groups in total. The Labute approximate surface area is 139 Å². The molecule has 6 heteroatoms. The van der Waals surface area contributed by atoms with E-state index in [0.29, 0.717) is 11.1 Å². The van der Waals surface area contributed by atoms with Gasteiger partial charge in [0.1, 0.15) is 5.82 Å². The van der Waals surface area contributed by atoms with E-state index in [1.807, 2.05) is 25.3 Å². The second kappa shape index (κ2) is 6.30.